The molecule has 2 aromatic heterocycles. The summed E-state index contributed by atoms with van der Waals surface area (Å²) < 4.78 is 5.30. The van der Waals surface area contributed by atoms with Crippen LogP contribution in [0.15, 0.2) is 44.9 Å². The Morgan fingerprint density at radius 3 is 2.82 bits per heavy atom. The van der Waals surface area contributed by atoms with E-state index in [9.17, 15) is 9.59 Å². The lowest BCUT2D eigenvalue weighted by molar-refractivity contribution is 0.0955. The second-order valence-corrected chi connectivity index (χ2v) is 6.16. The van der Waals surface area contributed by atoms with Crippen molar-refractivity contribution in [3.63, 3.8) is 0 Å². The average Bonchev–Trinajstić information content (AvgIpc) is 2.99. The first-order valence-electron chi connectivity index (χ1n) is 6.90. The van der Waals surface area contributed by atoms with Crippen molar-refractivity contribution in [3.05, 3.63) is 67.7 Å². The number of thiophene rings is 1. The summed E-state index contributed by atoms with van der Waals surface area (Å²) in [5.41, 5.74) is 2.95. The zero-order chi connectivity index (χ0) is 15.7. The molecule has 0 aliphatic heterocycles. The zero-order valence-corrected chi connectivity index (χ0v) is 13.1. The van der Waals surface area contributed by atoms with E-state index in [-0.39, 0.29) is 5.91 Å². The Balaban J connectivity index is 1.96. The van der Waals surface area contributed by atoms with Crippen LogP contribution >= 0.6 is 11.3 Å². The minimum absolute atomic E-state index is 0.138. The normalized spacial score (nSPS) is 10.8. The van der Waals surface area contributed by atoms with Gasteiger partial charge in [0.1, 0.15) is 5.58 Å². The molecular formula is C17H15NO3S. The van der Waals surface area contributed by atoms with Gasteiger partial charge in [-0.05, 0) is 48.1 Å². The van der Waals surface area contributed by atoms with Crippen molar-refractivity contribution in [2.24, 2.45) is 0 Å². The van der Waals surface area contributed by atoms with Gasteiger partial charge in [0.15, 0.2) is 0 Å². The fraction of sp³-hybridized carbons (Fsp3) is 0.176. The van der Waals surface area contributed by atoms with Gasteiger partial charge in [0.2, 0.25) is 0 Å². The van der Waals surface area contributed by atoms with Crippen LogP contribution in [-0.4, -0.2) is 5.91 Å². The highest BCUT2D eigenvalue weighted by Crippen LogP contribution is 2.22. The number of rotatable bonds is 3. The Morgan fingerprint density at radius 1 is 1.27 bits per heavy atom. The zero-order valence-electron chi connectivity index (χ0n) is 12.3. The Morgan fingerprint density at radius 2 is 2.09 bits per heavy atom. The minimum atomic E-state index is -0.403. The molecule has 3 aromatic rings. The predicted octanol–water partition coefficient (Wildman–Crippen LogP) is 3.40. The van der Waals surface area contributed by atoms with Gasteiger partial charge in [-0.1, -0.05) is 12.1 Å². The molecule has 0 aliphatic rings. The quantitative estimate of drug-likeness (QED) is 0.754. The van der Waals surface area contributed by atoms with Gasteiger partial charge in [0, 0.05) is 18.0 Å². The lowest BCUT2D eigenvalue weighted by Gasteiger charge is -2.09. The second kappa shape index (κ2) is 5.77. The summed E-state index contributed by atoms with van der Waals surface area (Å²) in [4.78, 5) is 24.4. The van der Waals surface area contributed by atoms with E-state index in [1.165, 1.54) is 17.4 Å². The van der Waals surface area contributed by atoms with Crippen LogP contribution in [0.2, 0.25) is 0 Å². The number of amides is 1. The Hall–Kier alpha value is -2.40. The fourth-order valence-electron chi connectivity index (χ4n) is 2.50. The molecular weight excluding hydrogens is 298 g/mol. The topological polar surface area (TPSA) is 59.3 Å². The van der Waals surface area contributed by atoms with Crippen LogP contribution in [0.3, 0.4) is 0 Å². The lowest BCUT2D eigenvalue weighted by atomic mass is 10.0. The standard InChI is InChI=1S/C17H15NO3S/c1-10-6-11(2)16-13(7-10)12(8-15(19)21-16)9-18-17(20)14-4-3-5-22-14/h3-8H,9H2,1-2H3,(H,18,20). The monoisotopic (exact) mass is 313 g/mol. The number of nitrogens with one attached hydrogen (secondary N) is 1. The van der Waals surface area contributed by atoms with Crippen LogP contribution < -0.4 is 10.9 Å². The number of fused-ring (bicyclic) bond motifs is 1. The highest BCUT2D eigenvalue weighted by molar-refractivity contribution is 7.12. The van der Waals surface area contributed by atoms with Crippen molar-refractivity contribution < 1.29 is 9.21 Å². The summed E-state index contributed by atoms with van der Waals surface area (Å²) in [7, 11) is 0. The molecule has 0 fully saturated rings. The van der Waals surface area contributed by atoms with Crippen molar-refractivity contribution in [1.82, 2.24) is 5.32 Å². The molecule has 5 heteroatoms. The molecule has 0 unspecified atom stereocenters. The van der Waals surface area contributed by atoms with Gasteiger partial charge >= 0.3 is 5.63 Å². The maximum atomic E-state index is 12.0. The predicted molar refractivity (Wildman–Crippen MR) is 87.4 cm³/mol. The largest absolute Gasteiger partial charge is 0.422 e. The maximum absolute atomic E-state index is 12.0. The molecule has 1 N–H and O–H groups in total. The smallest absolute Gasteiger partial charge is 0.336 e. The average molecular weight is 313 g/mol. The number of aryl methyl sites for hydroxylation is 2. The lowest BCUT2D eigenvalue weighted by Crippen LogP contribution is -2.22. The SMILES string of the molecule is Cc1cc(C)c2oc(=O)cc(CNC(=O)c3cccs3)c2c1. The van der Waals surface area contributed by atoms with Gasteiger partial charge in [-0.2, -0.15) is 0 Å². The van der Waals surface area contributed by atoms with Crippen LogP contribution in [0, 0.1) is 13.8 Å². The molecule has 22 heavy (non-hydrogen) atoms. The minimum Gasteiger partial charge on any atom is -0.422 e. The van der Waals surface area contributed by atoms with Crippen LogP contribution in [0.1, 0.15) is 26.4 Å². The van der Waals surface area contributed by atoms with Crippen molar-refractivity contribution in [1.29, 1.82) is 0 Å². The summed E-state index contributed by atoms with van der Waals surface area (Å²) >= 11 is 1.39. The highest BCUT2D eigenvalue weighted by Gasteiger charge is 2.11. The number of hydrogen-bond acceptors (Lipinski definition) is 4. The van der Waals surface area contributed by atoms with E-state index in [4.69, 9.17) is 4.42 Å². The van der Waals surface area contributed by atoms with Gasteiger partial charge in [-0.3, -0.25) is 4.79 Å². The van der Waals surface area contributed by atoms with E-state index >= 15 is 0 Å². The number of carbonyl (C=O) groups excluding carboxylic acids is 1. The van der Waals surface area contributed by atoms with Gasteiger partial charge in [0.05, 0.1) is 4.88 Å². The number of hydrogen-bond donors (Lipinski definition) is 1. The summed E-state index contributed by atoms with van der Waals surface area (Å²) in [5.74, 6) is -0.138. The molecule has 0 saturated heterocycles. The molecule has 0 bridgehead atoms. The van der Waals surface area contributed by atoms with Crippen molar-refractivity contribution in [3.8, 4) is 0 Å². The molecule has 4 nitrogen and oxygen atoms in total. The Kier molecular flexibility index (Phi) is 3.81. The van der Waals surface area contributed by atoms with Crippen molar-refractivity contribution in [2.45, 2.75) is 20.4 Å². The third-order valence-corrected chi connectivity index (χ3v) is 4.31. The first-order valence-corrected chi connectivity index (χ1v) is 7.78. The van der Waals surface area contributed by atoms with Crippen LogP contribution in [0.25, 0.3) is 11.0 Å². The van der Waals surface area contributed by atoms with Crippen molar-refractivity contribution >= 4 is 28.2 Å². The van der Waals surface area contributed by atoms with E-state index in [1.807, 2.05) is 37.4 Å². The first-order chi connectivity index (χ1) is 10.5. The molecule has 2 heterocycles. The van der Waals surface area contributed by atoms with Gasteiger partial charge in [0.25, 0.3) is 5.91 Å². The summed E-state index contributed by atoms with van der Waals surface area (Å²) in [6.07, 6.45) is 0. The second-order valence-electron chi connectivity index (χ2n) is 5.21. The van der Waals surface area contributed by atoms with E-state index in [0.717, 1.165) is 22.1 Å². The highest BCUT2D eigenvalue weighted by atomic mass is 32.1. The van der Waals surface area contributed by atoms with E-state index in [0.29, 0.717) is 17.0 Å². The van der Waals surface area contributed by atoms with Gasteiger partial charge in [-0.25, -0.2) is 4.79 Å². The van der Waals surface area contributed by atoms with Gasteiger partial charge in [-0.15, -0.1) is 11.3 Å². The third kappa shape index (κ3) is 2.80. The van der Waals surface area contributed by atoms with E-state index < -0.39 is 5.63 Å². The summed E-state index contributed by atoms with van der Waals surface area (Å²) in [6, 6.07) is 8.98. The van der Waals surface area contributed by atoms with Crippen LogP contribution in [0.5, 0.6) is 0 Å². The van der Waals surface area contributed by atoms with Crippen LogP contribution in [0.4, 0.5) is 0 Å². The molecule has 1 aromatic carbocycles. The summed E-state index contributed by atoms with van der Waals surface area (Å²) in [6.45, 7) is 4.19. The molecule has 3 rings (SSSR count). The summed E-state index contributed by atoms with van der Waals surface area (Å²) in [5, 5.41) is 5.57. The van der Waals surface area contributed by atoms with Crippen LogP contribution in [-0.2, 0) is 6.54 Å². The van der Waals surface area contributed by atoms with E-state index in [1.54, 1.807) is 6.07 Å². The molecule has 1 amide bonds. The molecule has 0 atom stereocenters. The molecule has 0 radical (unpaired) electrons. The fourth-order valence-corrected chi connectivity index (χ4v) is 3.14. The van der Waals surface area contributed by atoms with E-state index in [2.05, 4.69) is 5.32 Å². The van der Waals surface area contributed by atoms with Gasteiger partial charge < -0.3 is 9.73 Å². The number of benzene rings is 1. The molecule has 0 aliphatic carbocycles. The maximum Gasteiger partial charge on any atom is 0.336 e. The Bertz CT molecular complexity index is 894. The number of carbonyl (C=O) groups is 1. The molecule has 0 spiro atoms. The van der Waals surface area contributed by atoms with Crippen molar-refractivity contribution in [2.75, 3.05) is 0 Å². The third-order valence-electron chi connectivity index (χ3n) is 3.44. The first kappa shape index (κ1) is 14.5. The molecule has 112 valence electrons. The Labute approximate surface area is 131 Å². The molecule has 0 saturated carbocycles.